The number of aliphatic hydroxyl groups excluding tert-OH is 1. The molecule has 0 atom stereocenters. The molecule has 0 aliphatic rings. The van der Waals surface area contributed by atoms with Gasteiger partial charge >= 0.3 is 6.01 Å². The third-order valence-corrected chi connectivity index (χ3v) is 2.85. The van der Waals surface area contributed by atoms with Crippen molar-refractivity contribution in [3.05, 3.63) is 15.9 Å². The molecule has 1 aromatic heterocycles. The SMILES string of the molecule is Cc1nc(OCCC#CO)nc(C)c1Br. The quantitative estimate of drug-likeness (QED) is 0.674. The van der Waals surface area contributed by atoms with E-state index in [2.05, 4.69) is 31.8 Å². The average Bonchev–Trinajstić information content (AvgIpc) is 2.21. The van der Waals surface area contributed by atoms with Gasteiger partial charge in [0.05, 0.1) is 15.9 Å². The largest absolute Gasteiger partial charge is 0.462 e. The van der Waals surface area contributed by atoms with Gasteiger partial charge in [0.1, 0.15) is 12.7 Å². The van der Waals surface area contributed by atoms with E-state index in [1.54, 1.807) is 0 Å². The van der Waals surface area contributed by atoms with E-state index < -0.39 is 0 Å². The Labute approximate surface area is 96.8 Å². The Morgan fingerprint density at radius 1 is 1.33 bits per heavy atom. The number of halogens is 1. The van der Waals surface area contributed by atoms with Crippen LogP contribution in [0, 0.1) is 25.9 Å². The Morgan fingerprint density at radius 3 is 2.47 bits per heavy atom. The number of hydrogen-bond donors (Lipinski definition) is 1. The minimum absolute atomic E-state index is 0.341. The van der Waals surface area contributed by atoms with Crippen LogP contribution >= 0.6 is 15.9 Å². The molecule has 1 N–H and O–H groups in total. The molecule has 0 amide bonds. The zero-order valence-electron chi connectivity index (χ0n) is 8.54. The van der Waals surface area contributed by atoms with Crippen molar-refractivity contribution < 1.29 is 9.84 Å². The van der Waals surface area contributed by atoms with Crippen molar-refractivity contribution in [3.8, 4) is 18.0 Å². The van der Waals surface area contributed by atoms with E-state index in [0.29, 0.717) is 19.0 Å². The molecule has 4 nitrogen and oxygen atoms in total. The molecule has 0 aliphatic carbocycles. The molecule has 1 rings (SSSR count). The molecule has 0 unspecified atom stereocenters. The lowest BCUT2D eigenvalue weighted by molar-refractivity contribution is 0.299. The Hall–Kier alpha value is -1.28. The summed E-state index contributed by atoms with van der Waals surface area (Å²) in [5.74, 6) is 2.47. The summed E-state index contributed by atoms with van der Waals surface area (Å²) in [5, 5.41) is 8.23. The molecule has 0 spiro atoms. The molecule has 80 valence electrons. The number of ether oxygens (including phenoxy) is 1. The first-order valence-electron chi connectivity index (χ1n) is 4.40. The second-order valence-corrected chi connectivity index (χ2v) is 3.67. The van der Waals surface area contributed by atoms with Crippen LogP contribution in [0.5, 0.6) is 6.01 Å². The highest BCUT2D eigenvalue weighted by Gasteiger charge is 2.05. The fourth-order valence-electron chi connectivity index (χ4n) is 0.986. The fourth-order valence-corrected chi connectivity index (χ4v) is 1.16. The van der Waals surface area contributed by atoms with Crippen LogP contribution in [0.1, 0.15) is 17.8 Å². The predicted molar refractivity (Wildman–Crippen MR) is 59.0 cm³/mol. The topological polar surface area (TPSA) is 55.2 Å². The number of hydrogen-bond acceptors (Lipinski definition) is 4. The molecule has 0 radical (unpaired) electrons. The van der Waals surface area contributed by atoms with Crippen LogP contribution in [-0.2, 0) is 0 Å². The zero-order valence-corrected chi connectivity index (χ0v) is 10.1. The van der Waals surface area contributed by atoms with Crippen molar-refractivity contribution in [1.29, 1.82) is 0 Å². The van der Waals surface area contributed by atoms with E-state index in [4.69, 9.17) is 9.84 Å². The van der Waals surface area contributed by atoms with Gasteiger partial charge in [-0.3, -0.25) is 0 Å². The minimum Gasteiger partial charge on any atom is -0.462 e. The molecule has 0 saturated carbocycles. The smallest absolute Gasteiger partial charge is 0.316 e. The molecule has 0 bridgehead atoms. The van der Waals surface area contributed by atoms with Gasteiger partial charge in [0.15, 0.2) is 0 Å². The molecule has 5 heteroatoms. The highest BCUT2D eigenvalue weighted by Crippen LogP contribution is 2.19. The van der Waals surface area contributed by atoms with Crippen LogP contribution in [0.2, 0.25) is 0 Å². The third-order valence-electron chi connectivity index (χ3n) is 1.70. The van der Waals surface area contributed by atoms with Crippen LogP contribution in [0.4, 0.5) is 0 Å². The Kier molecular flexibility index (Phi) is 4.37. The van der Waals surface area contributed by atoms with E-state index in [0.717, 1.165) is 15.9 Å². The van der Waals surface area contributed by atoms with Crippen LogP contribution in [0.3, 0.4) is 0 Å². The van der Waals surface area contributed by atoms with Gasteiger partial charge in [0, 0.05) is 6.42 Å². The summed E-state index contributed by atoms with van der Waals surface area (Å²) in [7, 11) is 0. The predicted octanol–water partition coefficient (Wildman–Crippen LogP) is 1.96. The van der Waals surface area contributed by atoms with Gasteiger partial charge in [0.25, 0.3) is 0 Å². The van der Waals surface area contributed by atoms with Crippen molar-refractivity contribution in [2.75, 3.05) is 6.61 Å². The number of nitrogens with zero attached hydrogens (tertiary/aromatic N) is 2. The molecule has 0 aromatic carbocycles. The van der Waals surface area contributed by atoms with E-state index in [1.807, 2.05) is 20.0 Å². The maximum atomic E-state index is 8.23. The molecular weight excluding hydrogens is 260 g/mol. The number of aliphatic hydroxyl groups is 1. The van der Waals surface area contributed by atoms with Gasteiger partial charge in [-0.25, -0.2) is 0 Å². The first-order valence-corrected chi connectivity index (χ1v) is 5.20. The standard InChI is InChI=1S/C10H11BrN2O2/c1-7-9(11)8(2)13-10(12-7)15-6-4-3-5-14/h14H,4,6H2,1-2H3. The lowest BCUT2D eigenvalue weighted by Crippen LogP contribution is -2.03. The van der Waals surface area contributed by atoms with Gasteiger partial charge in [-0.05, 0) is 29.8 Å². The van der Waals surface area contributed by atoms with Crippen molar-refractivity contribution in [2.45, 2.75) is 20.3 Å². The van der Waals surface area contributed by atoms with Gasteiger partial charge in [-0.1, -0.05) is 5.92 Å². The second-order valence-electron chi connectivity index (χ2n) is 2.88. The maximum Gasteiger partial charge on any atom is 0.316 e. The third kappa shape index (κ3) is 3.40. The summed E-state index contributed by atoms with van der Waals surface area (Å²) in [5.41, 5.74) is 1.68. The Morgan fingerprint density at radius 2 is 1.93 bits per heavy atom. The van der Waals surface area contributed by atoms with Crippen LogP contribution < -0.4 is 4.74 Å². The number of rotatable bonds is 3. The summed E-state index contributed by atoms with van der Waals surface area (Å²) in [6.07, 6.45) is 2.26. The van der Waals surface area contributed by atoms with Crippen molar-refractivity contribution in [1.82, 2.24) is 9.97 Å². The summed E-state index contributed by atoms with van der Waals surface area (Å²) < 4.78 is 6.16. The summed E-state index contributed by atoms with van der Waals surface area (Å²) in [6, 6.07) is 0.341. The number of aryl methyl sites for hydroxylation is 2. The number of aromatic nitrogens is 2. The van der Waals surface area contributed by atoms with E-state index >= 15 is 0 Å². The van der Waals surface area contributed by atoms with Crippen molar-refractivity contribution in [2.24, 2.45) is 0 Å². The van der Waals surface area contributed by atoms with Crippen molar-refractivity contribution >= 4 is 15.9 Å². The van der Waals surface area contributed by atoms with Gasteiger partial charge in [0.2, 0.25) is 0 Å². The molecule has 0 fully saturated rings. The first-order chi connectivity index (χ1) is 7.15. The van der Waals surface area contributed by atoms with Crippen LogP contribution in [-0.4, -0.2) is 21.7 Å². The van der Waals surface area contributed by atoms with Gasteiger partial charge in [-0.15, -0.1) is 0 Å². The molecular formula is C10H11BrN2O2. The summed E-state index contributed by atoms with van der Waals surface area (Å²) in [6.45, 7) is 4.12. The van der Waals surface area contributed by atoms with Gasteiger partial charge < -0.3 is 9.84 Å². The van der Waals surface area contributed by atoms with Crippen molar-refractivity contribution in [3.63, 3.8) is 0 Å². The first kappa shape index (κ1) is 11.8. The lowest BCUT2D eigenvalue weighted by atomic mass is 10.4. The van der Waals surface area contributed by atoms with Crippen LogP contribution in [0.25, 0.3) is 0 Å². The lowest BCUT2D eigenvalue weighted by Gasteiger charge is -2.06. The molecule has 0 aliphatic heterocycles. The van der Waals surface area contributed by atoms with E-state index in [-0.39, 0.29) is 0 Å². The molecule has 15 heavy (non-hydrogen) atoms. The monoisotopic (exact) mass is 270 g/mol. The molecule has 1 heterocycles. The molecule has 1 aromatic rings. The second kappa shape index (κ2) is 5.56. The average molecular weight is 271 g/mol. The van der Waals surface area contributed by atoms with Crippen LogP contribution in [0.15, 0.2) is 4.47 Å². The van der Waals surface area contributed by atoms with Gasteiger partial charge in [-0.2, -0.15) is 9.97 Å². The maximum absolute atomic E-state index is 8.23. The summed E-state index contributed by atoms with van der Waals surface area (Å²) in [4.78, 5) is 8.28. The van der Waals surface area contributed by atoms with E-state index in [1.165, 1.54) is 0 Å². The zero-order chi connectivity index (χ0) is 11.3. The Balaban J connectivity index is 2.65. The Bertz CT molecular complexity index is 387. The normalized spacial score (nSPS) is 9.27. The molecule has 0 saturated heterocycles. The minimum atomic E-state index is 0.341. The summed E-state index contributed by atoms with van der Waals surface area (Å²) >= 11 is 3.37. The highest BCUT2D eigenvalue weighted by atomic mass is 79.9. The fraction of sp³-hybridized carbons (Fsp3) is 0.400. The highest BCUT2D eigenvalue weighted by molar-refractivity contribution is 9.10. The van der Waals surface area contributed by atoms with E-state index in [9.17, 15) is 0 Å².